The molecule has 0 atom stereocenters. The maximum absolute atomic E-state index is 12.4. The van der Waals surface area contributed by atoms with Crippen molar-refractivity contribution in [2.45, 2.75) is 51.4 Å². The van der Waals surface area contributed by atoms with Crippen LogP contribution in [-0.2, 0) is 19.6 Å². The zero-order chi connectivity index (χ0) is 25.5. The molecule has 0 N–H and O–H groups in total. The van der Waals surface area contributed by atoms with Crippen LogP contribution in [0.4, 0.5) is 19.1 Å². The van der Waals surface area contributed by atoms with Gasteiger partial charge in [-0.15, -0.1) is 10.2 Å². The fourth-order valence-corrected chi connectivity index (χ4v) is 4.45. The molecule has 0 spiro atoms. The molecule has 2 aromatic heterocycles. The van der Waals surface area contributed by atoms with Gasteiger partial charge >= 0.3 is 6.18 Å². The summed E-state index contributed by atoms with van der Waals surface area (Å²) in [6.45, 7) is 0.326. The van der Waals surface area contributed by atoms with Gasteiger partial charge in [-0.25, -0.2) is 4.98 Å². The number of anilines is 1. The summed E-state index contributed by atoms with van der Waals surface area (Å²) in [4.78, 5) is 6.14. The zero-order valence-electron chi connectivity index (χ0n) is 20.0. The monoisotopic (exact) mass is 523 g/mol. The van der Waals surface area contributed by atoms with Crippen molar-refractivity contribution in [3.05, 3.63) is 59.0 Å². The zero-order valence-corrected chi connectivity index (χ0v) is 20.8. The molecule has 0 unspecified atom stereocenters. The first-order valence-corrected chi connectivity index (χ1v) is 12.3. The molecule has 4 rings (SSSR count). The third-order valence-corrected chi connectivity index (χ3v) is 6.40. The normalized spacial score (nSPS) is 14.2. The predicted octanol–water partition coefficient (Wildman–Crippen LogP) is 5.72. The van der Waals surface area contributed by atoms with Crippen molar-refractivity contribution in [3.8, 4) is 11.6 Å². The van der Waals surface area contributed by atoms with E-state index in [9.17, 15) is 13.2 Å². The van der Waals surface area contributed by atoms with Gasteiger partial charge in [0.2, 0.25) is 11.8 Å². The molecule has 0 radical (unpaired) electrons. The van der Waals surface area contributed by atoms with Crippen molar-refractivity contribution in [2.75, 3.05) is 25.1 Å². The van der Waals surface area contributed by atoms with Crippen molar-refractivity contribution in [1.82, 2.24) is 19.7 Å². The fraction of sp³-hybridized carbons (Fsp3) is 0.480. The molecule has 1 aliphatic rings. The number of aryl methyl sites for hydroxylation is 1. The van der Waals surface area contributed by atoms with Crippen molar-refractivity contribution < 1.29 is 22.6 Å². The van der Waals surface area contributed by atoms with Gasteiger partial charge in [0.1, 0.15) is 12.4 Å². The van der Waals surface area contributed by atoms with Crippen molar-refractivity contribution in [1.29, 1.82) is 0 Å². The molecule has 1 fully saturated rings. The van der Waals surface area contributed by atoms with E-state index in [4.69, 9.17) is 21.1 Å². The second-order valence-corrected chi connectivity index (χ2v) is 9.44. The molecular formula is C25H29ClF3N5O2. The van der Waals surface area contributed by atoms with Crippen molar-refractivity contribution >= 4 is 17.5 Å². The molecule has 36 heavy (non-hydrogen) atoms. The first kappa shape index (κ1) is 26.1. The maximum Gasteiger partial charge on any atom is 0.422 e. The van der Waals surface area contributed by atoms with Gasteiger partial charge in [0.05, 0.1) is 0 Å². The van der Waals surface area contributed by atoms with Crippen LogP contribution in [0.5, 0.6) is 11.6 Å². The highest BCUT2D eigenvalue weighted by atomic mass is 35.5. The van der Waals surface area contributed by atoms with Gasteiger partial charge in [0.25, 0.3) is 0 Å². The smallest absolute Gasteiger partial charge is 0.422 e. The summed E-state index contributed by atoms with van der Waals surface area (Å²) >= 11 is 5.96. The van der Waals surface area contributed by atoms with Crippen LogP contribution in [0.3, 0.4) is 0 Å². The van der Waals surface area contributed by atoms with E-state index in [0.29, 0.717) is 35.5 Å². The molecule has 1 aromatic carbocycles. The molecular weight excluding hydrogens is 495 g/mol. The van der Waals surface area contributed by atoms with E-state index >= 15 is 0 Å². The summed E-state index contributed by atoms with van der Waals surface area (Å²) in [6, 6.07) is 10.3. The summed E-state index contributed by atoms with van der Waals surface area (Å²) in [7, 11) is 2.02. The number of benzene rings is 1. The molecule has 0 bridgehead atoms. The summed E-state index contributed by atoms with van der Waals surface area (Å²) in [5, 5.41) is 9.48. The average Bonchev–Trinajstić information content (AvgIpc) is 3.51. The Hall–Kier alpha value is -3.01. The van der Waals surface area contributed by atoms with E-state index in [1.165, 1.54) is 37.9 Å². The Morgan fingerprint density at radius 2 is 1.81 bits per heavy atom. The van der Waals surface area contributed by atoms with Crippen LogP contribution < -0.4 is 14.4 Å². The highest BCUT2D eigenvalue weighted by Gasteiger charge is 2.28. The van der Waals surface area contributed by atoms with Crippen LogP contribution in [0.1, 0.15) is 37.1 Å². The van der Waals surface area contributed by atoms with E-state index in [1.807, 2.05) is 11.6 Å². The molecule has 0 amide bonds. The minimum atomic E-state index is -4.40. The Morgan fingerprint density at radius 3 is 2.47 bits per heavy atom. The minimum Gasteiger partial charge on any atom is -0.486 e. The molecule has 0 saturated heterocycles. The lowest BCUT2D eigenvalue weighted by Gasteiger charge is -2.23. The van der Waals surface area contributed by atoms with Gasteiger partial charge in [0, 0.05) is 37.4 Å². The second kappa shape index (κ2) is 11.8. The van der Waals surface area contributed by atoms with Gasteiger partial charge in [-0.2, -0.15) is 13.2 Å². The second-order valence-electron chi connectivity index (χ2n) is 9.00. The Balaban J connectivity index is 1.45. The standard InChI is InChI=1S/C25H29ClF3N5O2/c1-33(15-19-4-2-3-5-19)24-32-31-22(16-35-21-9-7-20(26)8-10-21)34(24)13-12-18-6-11-23(30-14-18)36-17-25(27,28)29/h6-11,14,19H,2-5,12-13,15-17H2,1H3. The van der Waals surface area contributed by atoms with Gasteiger partial charge in [0.15, 0.2) is 12.4 Å². The van der Waals surface area contributed by atoms with Gasteiger partial charge < -0.3 is 14.4 Å². The van der Waals surface area contributed by atoms with Gasteiger partial charge in [-0.3, -0.25) is 4.57 Å². The molecule has 194 valence electrons. The van der Waals surface area contributed by atoms with Gasteiger partial charge in [-0.1, -0.05) is 30.5 Å². The predicted molar refractivity (Wildman–Crippen MR) is 131 cm³/mol. The molecule has 2 heterocycles. The largest absolute Gasteiger partial charge is 0.486 e. The highest BCUT2D eigenvalue weighted by molar-refractivity contribution is 6.30. The molecule has 3 aromatic rings. The minimum absolute atomic E-state index is 0.0607. The molecule has 11 heteroatoms. The van der Waals surface area contributed by atoms with E-state index < -0.39 is 12.8 Å². The topological polar surface area (TPSA) is 65.3 Å². The van der Waals surface area contributed by atoms with Crippen LogP contribution in [0.2, 0.25) is 5.02 Å². The number of nitrogens with zero attached hydrogens (tertiary/aromatic N) is 5. The van der Waals surface area contributed by atoms with Crippen LogP contribution >= 0.6 is 11.6 Å². The lowest BCUT2D eigenvalue weighted by Crippen LogP contribution is -2.27. The third-order valence-electron chi connectivity index (χ3n) is 6.14. The Kier molecular flexibility index (Phi) is 8.56. The fourth-order valence-electron chi connectivity index (χ4n) is 4.33. The number of ether oxygens (including phenoxy) is 2. The van der Waals surface area contributed by atoms with Crippen LogP contribution in [0.15, 0.2) is 42.6 Å². The van der Waals surface area contributed by atoms with E-state index in [-0.39, 0.29) is 12.5 Å². The number of rotatable bonds is 11. The average molecular weight is 524 g/mol. The summed E-state index contributed by atoms with van der Waals surface area (Å²) < 4.78 is 49.7. The van der Waals surface area contributed by atoms with Crippen LogP contribution in [0, 0.1) is 5.92 Å². The van der Waals surface area contributed by atoms with E-state index in [2.05, 4.69) is 20.1 Å². The van der Waals surface area contributed by atoms with Crippen molar-refractivity contribution in [3.63, 3.8) is 0 Å². The molecule has 1 saturated carbocycles. The number of pyridine rings is 1. The number of hydrogen-bond donors (Lipinski definition) is 0. The molecule has 0 aliphatic heterocycles. The summed E-state index contributed by atoms with van der Waals surface area (Å²) in [5.74, 6) is 2.69. The first-order chi connectivity index (χ1) is 17.3. The van der Waals surface area contributed by atoms with E-state index in [1.54, 1.807) is 30.3 Å². The molecule has 7 nitrogen and oxygen atoms in total. The highest BCUT2D eigenvalue weighted by Crippen LogP contribution is 2.27. The lowest BCUT2D eigenvalue weighted by molar-refractivity contribution is -0.154. The van der Waals surface area contributed by atoms with Crippen LogP contribution in [0.25, 0.3) is 0 Å². The Bertz CT molecular complexity index is 1100. The van der Waals surface area contributed by atoms with Gasteiger partial charge in [-0.05, 0) is 55.0 Å². The van der Waals surface area contributed by atoms with Crippen molar-refractivity contribution in [2.24, 2.45) is 5.92 Å². The quantitative estimate of drug-likeness (QED) is 0.320. The lowest BCUT2D eigenvalue weighted by atomic mass is 10.1. The number of hydrogen-bond acceptors (Lipinski definition) is 6. The Labute approximate surface area is 213 Å². The Morgan fingerprint density at radius 1 is 1.06 bits per heavy atom. The van der Waals surface area contributed by atoms with Crippen LogP contribution in [-0.4, -0.2) is 46.1 Å². The SMILES string of the molecule is CN(CC1CCCC1)c1nnc(COc2ccc(Cl)cc2)n1CCc1ccc(OCC(F)(F)F)nc1. The van der Waals surface area contributed by atoms with E-state index in [0.717, 1.165) is 18.1 Å². The summed E-state index contributed by atoms with van der Waals surface area (Å²) in [5.41, 5.74) is 0.858. The first-order valence-electron chi connectivity index (χ1n) is 11.9. The number of halogens is 4. The number of aromatic nitrogens is 4. The summed E-state index contributed by atoms with van der Waals surface area (Å²) in [6.07, 6.45) is 2.69. The maximum atomic E-state index is 12.4. The third kappa shape index (κ3) is 7.49. The number of alkyl halides is 3. The molecule has 1 aliphatic carbocycles.